The summed E-state index contributed by atoms with van der Waals surface area (Å²) in [7, 11) is -3.10. The number of carboxylic acids is 1. The zero-order chi connectivity index (χ0) is 69.4. The first-order valence-corrected chi connectivity index (χ1v) is 35.1. The third-order valence-electron chi connectivity index (χ3n) is 18.7. The Morgan fingerprint density at radius 2 is 1.61 bits per heavy atom. The minimum Gasteiger partial charge on any atom is -0.491 e. The Kier molecular flexibility index (Phi) is 21.5. The highest BCUT2D eigenvalue weighted by molar-refractivity contribution is 7.85. The molecular weight excluding hydrogens is 1300 g/mol. The molecule has 1 radical (unpaired) electrons. The summed E-state index contributed by atoms with van der Waals surface area (Å²) in [5.74, 6) is -4.43. The second kappa shape index (κ2) is 30.0. The van der Waals surface area contributed by atoms with Crippen molar-refractivity contribution >= 4 is 89.2 Å². The van der Waals surface area contributed by atoms with E-state index in [4.69, 9.17) is 33.8 Å². The molecule has 25 nitrogen and oxygen atoms in total. The fourth-order valence-electron chi connectivity index (χ4n) is 15.6. The third-order valence-corrected chi connectivity index (χ3v) is 20.4. The summed E-state index contributed by atoms with van der Waals surface area (Å²) in [5, 5.41) is 25.5. The van der Waals surface area contributed by atoms with Gasteiger partial charge < -0.3 is 44.3 Å². The van der Waals surface area contributed by atoms with Crippen molar-refractivity contribution < 1.29 is 75.3 Å². The smallest absolute Gasteiger partial charge is 0.410 e. The van der Waals surface area contributed by atoms with Crippen molar-refractivity contribution in [2.45, 2.75) is 110 Å². The lowest BCUT2D eigenvalue weighted by Crippen LogP contribution is -2.64. The van der Waals surface area contributed by atoms with Gasteiger partial charge in [0.05, 0.1) is 54.1 Å². The van der Waals surface area contributed by atoms with Gasteiger partial charge in [-0.15, -0.1) is 0 Å². The van der Waals surface area contributed by atoms with Crippen molar-refractivity contribution in [3.05, 3.63) is 138 Å². The molecule has 12 rings (SSSR count). The molecule has 5 aliphatic rings. The highest BCUT2D eigenvalue weighted by Crippen LogP contribution is 2.72. The Hall–Kier alpha value is -8.99. The first-order chi connectivity index (χ1) is 46.9. The predicted octanol–water partition coefficient (Wildman–Crippen LogP) is 9.22. The first kappa shape index (κ1) is 70.3. The van der Waals surface area contributed by atoms with E-state index in [1.807, 2.05) is 66.2 Å². The molecule has 4 aliphatic carbocycles. The highest BCUT2D eigenvalue weighted by Gasteiger charge is 2.66. The van der Waals surface area contributed by atoms with Gasteiger partial charge in [0.15, 0.2) is 10.8 Å². The maximum atomic E-state index is 13.9. The number of hydrogen-bond donors (Lipinski definition) is 5. The largest absolute Gasteiger partial charge is 0.491 e. The maximum Gasteiger partial charge on any atom is 0.410 e. The molecule has 2 unspecified atom stereocenters. The number of thiazole rings is 1. The molecule has 6 amide bonds. The lowest BCUT2D eigenvalue weighted by atomic mass is 9.39. The molecule has 3 aromatic heterocycles. The molecule has 4 aromatic carbocycles. The molecule has 4 fully saturated rings. The van der Waals surface area contributed by atoms with E-state index in [0.29, 0.717) is 75.6 Å². The van der Waals surface area contributed by atoms with E-state index in [2.05, 4.69) is 40.8 Å². The van der Waals surface area contributed by atoms with Crippen molar-refractivity contribution in [3.63, 3.8) is 0 Å². The summed E-state index contributed by atoms with van der Waals surface area (Å²) in [6.45, 7) is 8.41. The van der Waals surface area contributed by atoms with E-state index < -0.39 is 63.2 Å². The van der Waals surface area contributed by atoms with Crippen LogP contribution in [0.5, 0.6) is 5.75 Å². The quantitative estimate of drug-likeness (QED) is 0.0145. The summed E-state index contributed by atoms with van der Waals surface area (Å²) < 4.78 is 65.9. The average molecular weight is 1380 g/mol. The number of rotatable bonds is 33. The highest BCUT2D eigenvalue weighted by atomic mass is 32.2. The van der Waals surface area contributed by atoms with Gasteiger partial charge >= 0.3 is 12.1 Å². The zero-order valence-corrected chi connectivity index (χ0v) is 56.8. The van der Waals surface area contributed by atoms with Crippen LogP contribution in [-0.4, -0.2) is 173 Å². The van der Waals surface area contributed by atoms with Crippen molar-refractivity contribution in [2.75, 3.05) is 77.4 Å². The van der Waals surface area contributed by atoms with Gasteiger partial charge in [-0.3, -0.25) is 43.4 Å². The number of imide groups is 1. The third kappa shape index (κ3) is 16.9. The van der Waals surface area contributed by atoms with Crippen molar-refractivity contribution in [2.24, 2.45) is 16.2 Å². The number of para-hydroxylation sites is 1. The summed E-state index contributed by atoms with van der Waals surface area (Å²) in [6, 6.07) is 28.8. The van der Waals surface area contributed by atoms with Gasteiger partial charge in [-0.05, 0) is 134 Å². The number of aromatic carboxylic acids is 1. The number of nitrogens with zero attached hydrogens (tertiary/aromatic N) is 6. The Labute approximate surface area is 571 Å². The molecule has 517 valence electrons. The molecule has 4 saturated carbocycles. The van der Waals surface area contributed by atoms with Gasteiger partial charge in [-0.25, -0.2) is 19.6 Å². The average Bonchev–Trinajstić information content (AvgIpc) is 0.822. The molecule has 5 N–H and O–H groups in total. The van der Waals surface area contributed by atoms with E-state index in [0.717, 1.165) is 64.7 Å². The molecule has 98 heavy (non-hydrogen) atoms. The van der Waals surface area contributed by atoms with Crippen LogP contribution in [-0.2, 0) is 61.4 Å². The van der Waals surface area contributed by atoms with E-state index >= 15 is 0 Å². The molecule has 1 aliphatic heterocycles. The second-order valence-electron chi connectivity index (χ2n) is 26.8. The van der Waals surface area contributed by atoms with Gasteiger partial charge in [-0.1, -0.05) is 80.1 Å². The van der Waals surface area contributed by atoms with Crippen LogP contribution in [0, 0.1) is 29.2 Å². The number of aromatic nitrogens is 4. The zero-order valence-electron chi connectivity index (χ0n) is 55.1. The van der Waals surface area contributed by atoms with Gasteiger partial charge in [0.2, 0.25) is 11.8 Å². The number of nitrogens with one attached hydrogen (secondary N) is 3. The first-order valence-electron chi connectivity index (χ1n) is 32.7. The number of ether oxygens (including phenoxy) is 5. The second-order valence-corrected chi connectivity index (χ2v) is 29.3. The van der Waals surface area contributed by atoms with E-state index in [-0.39, 0.29) is 100 Å². The topological polar surface area (TPSA) is 326 Å². The fraction of sp³-hybridized carbons (Fsp3) is 0.437. The number of pyridine rings is 1. The van der Waals surface area contributed by atoms with Crippen LogP contribution in [0.3, 0.4) is 0 Å². The lowest BCUT2D eigenvalue weighted by molar-refractivity contribution is -0.248. The van der Waals surface area contributed by atoms with Crippen LogP contribution in [0.4, 0.5) is 9.93 Å². The van der Waals surface area contributed by atoms with E-state index in [1.165, 1.54) is 23.5 Å². The van der Waals surface area contributed by atoms with Crippen LogP contribution in [0.1, 0.15) is 110 Å². The van der Waals surface area contributed by atoms with Gasteiger partial charge in [-0.2, -0.15) is 13.5 Å². The monoisotopic (exact) mass is 1380 g/mol. The number of fused-ring (bicyclic) bond motifs is 2. The van der Waals surface area contributed by atoms with Crippen molar-refractivity contribution in [1.29, 1.82) is 0 Å². The van der Waals surface area contributed by atoms with Crippen molar-refractivity contribution in [1.82, 2.24) is 40.2 Å². The molecule has 0 spiro atoms. The lowest BCUT2D eigenvalue weighted by Gasteiger charge is -2.69. The number of hydrogen-bond acceptors (Lipinski definition) is 18. The Morgan fingerprint density at radius 1 is 0.837 bits per heavy atom. The molecular formula is C71H80N9O16S2. The number of carboxylic acid groups (broad SMARTS) is 1. The van der Waals surface area contributed by atoms with Gasteiger partial charge in [0.1, 0.15) is 30.8 Å². The number of benzene rings is 4. The van der Waals surface area contributed by atoms with E-state index in [1.54, 1.807) is 54.6 Å². The van der Waals surface area contributed by atoms with Crippen LogP contribution >= 0.6 is 11.3 Å². The predicted molar refractivity (Wildman–Crippen MR) is 364 cm³/mol. The Morgan fingerprint density at radius 3 is 2.37 bits per heavy atom. The molecule has 27 heteroatoms. The summed E-state index contributed by atoms with van der Waals surface area (Å²) in [5.41, 5.74) is 4.00. The summed E-state index contributed by atoms with van der Waals surface area (Å²) >= 11 is 1.39. The summed E-state index contributed by atoms with van der Waals surface area (Å²) in [4.78, 5) is 102. The Balaban J connectivity index is 0.662. The standard InChI is InChI=1S/C71H80N9O16S2/c1-46-53(50-22-23-54(75-62(50)65(86)87)48-21-20-47-14-12-15-51(52(47)35-48)63(84)77-66-76-55-16-8-10-18-58(55)97-66)36-73-80(46)45-70-40-68(2)39-69(3,41-70)43-71(42-68,44-70)96-32-29-78(28-31-92-4)67(88)95-37-49-13-7-9-17-57(49)94-34-33-93-30-26-72-64(85)56(38-98(89,90)91)74-59(81)19-6-5-11-27-79-60(82)24-25-61(79)83/h7-8,10,12-18,20-25,35-36,56H,5-6,11,19,26-34,37-45H2,1-4H3,(H,72,85)(H,74,81)(H,86,87)(H,76,77,84)(H,89,90,91)/t56-,68?,69?,70?,71?/m0/s1. The minimum atomic E-state index is -4.66. The van der Waals surface area contributed by atoms with Gasteiger partial charge in [0.25, 0.3) is 27.8 Å². The number of amides is 6. The van der Waals surface area contributed by atoms with Crippen LogP contribution < -0.4 is 20.7 Å². The minimum absolute atomic E-state index is 0.0111. The number of methoxy groups -OCH3 is 1. The molecule has 3 atom stereocenters. The SMILES string of the molecule is COCCN(CCOC12CC3(C)CC(C)(CC(Cn4ncc(-c5ccc(-c6ccc7cccc(C(=O)Nc8nc9ccccc9s8)c7c6)nc5C(=O)O)c4C)(C3)C1)C2)C(=O)OCc1cc[c]cc1OCCOCCNC(=O)[C@H](CS(=O)(=O)O)NC(=O)CCCCCN1C(=O)C=CC1=O. The van der Waals surface area contributed by atoms with Gasteiger partial charge in [0, 0.05) is 91.9 Å². The van der Waals surface area contributed by atoms with Crippen LogP contribution in [0.2, 0.25) is 0 Å². The van der Waals surface area contributed by atoms with E-state index in [9.17, 15) is 51.6 Å². The maximum absolute atomic E-state index is 13.9. The van der Waals surface area contributed by atoms with Crippen molar-refractivity contribution in [3.8, 4) is 28.1 Å². The number of carbonyl (C=O) groups excluding carboxylic acids is 6. The van der Waals surface area contributed by atoms with Crippen LogP contribution in [0.25, 0.3) is 43.4 Å². The van der Waals surface area contributed by atoms with Crippen LogP contribution in [0.15, 0.2) is 109 Å². The molecule has 0 saturated heterocycles. The Bertz CT molecular complexity index is 4250. The normalized spacial score (nSPS) is 20.4. The number of unbranched alkanes of at least 4 members (excludes halogenated alkanes) is 2. The molecule has 4 heterocycles. The number of carbonyl (C=O) groups is 7. The molecule has 7 aromatic rings. The summed E-state index contributed by atoms with van der Waals surface area (Å²) in [6.07, 6.45) is 10.3. The number of anilines is 1. The molecule has 4 bridgehead atoms. The fourth-order valence-corrected chi connectivity index (χ4v) is 17.1.